The molecule has 0 amide bonds. The Bertz CT molecular complexity index is 458. The minimum Gasteiger partial charge on any atom is -0.392 e. The Morgan fingerprint density at radius 3 is 2.31 bits per heavy atom. The maximum Gasteiger partial charge on any atom is 0.192 e. The summed E-state index contributed by atoms with van der Waals surface area (Å²) in [6.07, 6.45) is 3.44. The lowest BCUT2D eigenvalue weighted by atomic mass is 10.2. The van der Waals surface area contributed by atoms with Crippen molar-refractivity contribution in [1.29, 1.82) is 0 Å². The van der Waals surface area contributed by atoms with Crippen LogP contribution in [-0.4, -0.2) is 15.1 Å². The highest BCUT2D eigenvalue weighted by Gasteiger charge is 2.00. The molecule has 1 aromatic heterocycles. The first-order valence-corrected chi connectivity index (χ1v) is 6.24. The minimum absolute atomic E-state index is 0.0692. The molecule has 16 heavy (non-hydrogen) atoms. The van der Waals surface area contributed by atoms with Gasteiger partial charge >= 0.3 is 0 Å². The normalized spacial score (nSPS) is 10.4. The van der Waals surface area contributed by atoms with Gasteiger partial charge in [-0.25, -0.2) is 9.97 Å². The molecule has 1 N–H and O–H groups in total. The lowest BCUT2D eigenvalue weighted by molar-refractivity contribution is 0.282. The van der Waals surface area contributed by atoms with E-state index in [9.17, 15) is 0 Å². The molecule has 0 saturated carbocycles. The van der Waals surface area contributed by atoms with Gasteiger partial charge in [0.05, 0.1) is 11.1 Å². The average Bonchev–Trinajstić information content (AvgIpc) is 2.33. The van der Waals surface area contributed by atoms with Crippen LogP contribution < -0.4 is 0 Å². The van der Waals surface area contributed by atoms with E-state index < -0.39 is 0 Å². The third kappa shape index (κ3) is 3.04. The molecule has 2 aromatic rings. The van der Waals surface area contributed by atoms with Crippen LogP contribution >= 0.6 is 27.7 Å². The summed E-state index contributed by atoms with van der Waals surface area (Å²) >= 11 is 4.78. The first kappa shape index (κ1) is 11.6. The van der Waals surface area contributed by atoms with Gasteiger partial charge < -0.3 is 5.11 Å². The predicted molar refractivity (Wildman–Crippen MR) is 66.2 cm³/mol. The van der Waals surface area contributed by atoms with Crippen LogP contribution in [-0.2, 0) is 6.61 Å². The standard InChI is InChI=1S/C11H9BrN2OS/c12-9-5-13-11(14-6-9)16-10-3-1-8(7-15)2-4-10/h1-6,15H,7H2. The van der Waals surface area contributed by atoms with Crippen LogP contribution in [0.2, 0.25) is 0 Å². The summed E-state index contributed by atoms with van der Waals surface area (Å²) in [5, 5.41) is 9.62. The van der Waals surface area contributed by atoms with Crippen LogP contribution in [0.15, 0.2) is 51.2 Å². The van der Waals surface area contributed by atoms with Crippen LogP contribution in [0.1, 0.15) is 5.56 Å². The topological polar surface area (TPSA) is 46.0 Å². The van der Waals surface area contributed by atoms with E-state index in [1.54, 1.807) is 12.4 Å². The number of nitrogens with zero attached hydrogens (tertiary/aromatic N) is 2. The molecule has 1 aromatic carbocycles. The Kier molecular flexibility index (Phi) is 3.93. The molecule has 0 aliphatic heterocycles. The summed E-state index contributed by atoms with van der Waals surface area (Å²) in [7, 11) is 0. The molecule has 2 rings (SSSR count). The Balaban J connectivity index is 2.11. The van der Waals surface area contributed by atoms with Gasteiger partial charge in [-0.2, -0.15) is 0 Å². The summed E-state index contributed by atoms with van der Waals surface area (Å²) in [6, 6.07) is 7.67. The highest BCUT2D eigenvalue weighted by molar-refractivity contribution is 9.10. The van der Waals surface area contributed by atoms with Gasteiger partial charge in [-0.3, -0.25) is 0 Å². The lowest BCUT2D eigenvalue weighted by Crippen LogP contribution is -1.85. The number of hydrogen-bond acceptors (Lipinski definition) is 4. The molecule has 0 unspecified atom stereocenters. The fourth-order valence-electron chi connectivity index (χ4n) is 1.12. The molecule has 0 spiro atoms. The maximum atomic E-state index is 8.91. The van der Waals surface area contributed by atoms with Gasteiger partial charge in [-0.15, -0.1) is 0 Å². The van der Waals surface area contributed by atoms with Gasteiger partial charge in [0.1, 0.15) is 0 Å². The molecule has 3 nitrogen and oxygen atoms in total. The van der Waals surface area contributed by atoms with E-state index in [-0.39, 0.29) is 6.61 Å². The molecule has 0 aliphatic carbocycles. The molecular weight excluding hydrogens is 288 g/mol. The Hall–Kier alpha value is -0.910. The van der Waals surface area contributed by atoms with Gasteiger partial charge in [0.2, 0.25) is 0 Å². The highest BCUT2D eigenvalue weighted by atomic mass is 79.9. The van der Waals surface area contributed by atoms with Gasteiger partial charge in [0.15, 0.2) is 5.16 Å². The SMILES string of the molecule is OCc1ccc(Sc2ncc(Br)cn2)cc1. The van der Waals surface area contributed by atoms with E-state index in [1.165, 1.54) is 11.8 Å². The number of hydrogen-bond donors (Lipinski definition) is 1. The molecule has 0 fully saturated rings. The zero-order valence-electron chi connectivity index (χ0n) is 8.30. The number of halogens is 1. The largest absolute Gasteiger partial charge is 0.392 e. The zero-order valence-corrected chi connectivity index (χ0v) is 10.7. The third-order valence-electron chi connectivity index (χ3n) is 1.91. The Morgan fingerprint density at radius 1 is 1.12 bits per heavy atom. The van der Waals surface area contributed by atoms with E-state index in [4.69, 9.17) is 5.11 Å². The van der Waals surface area contributed by atoms with E-state index in [1.807, 2.05) is 24.3 Å². The number of aliphatic hydroxyl groups excluding tert-OH is 1. The van der Waals surface area contributed by atoms with Crippen molar-refractivity contribution in [1.82, 2.24) is 9.97 Å². The van der Waals surface area contributed by atoms with E-state index >= 15 is 0 Å². The van der Waals surface area contributed by atoms with E-state index in [0.29, 0.717) is 5.16 Å². The molecule has 0 bridgehead atoms. The van der Waals surface area contributed by atoms with E-state index in [0.717, 1.165) is 14.9 Å². The second-order valence-electron chi connectivity index (χ2n) is 3.09. The fraction of sp³-hybridized carbons (Fsp3) is 0.0909. The number of aromatic nitrogens is 2. The molecule has 1 heterocycles. The zero-order chi connectivity index (χ0) is 11.4. The fourth-order valence-corrected chi connectivity index (χ4v) is 2.02. The van der Waals surface area contributed by atoms with Crippen molar-refractivity contribution < 1.29 is 5.11 Å². The predicted octanol–water partition coefficient (Wildman–Crippen LogP) is 2.88. The van der Waals surface area contributed by atoms with Gasteiger partial charge in [-0.1, -0.05) is 12.1 Å². The van der Waals surface area contributed by atoms with Gasteiger partial charge in [0, 0.05) is 17.3 Å². The summed E-state index contributed by atoms with van der Waals surface area (Å²) < 4.78 is 0.868. The van der Waals surface area contributed by atoms with Crippen LogP contribution in [0, 0.1) is 0 Å². The smallest absolute Gasteiger partial charge is 0.192 e. The van der Waals surface area contributed by atoms with Gasteiger partial charge in [0.25, 0.3) is 0 Å². The van der Waals surface area contributed by atoms with Crippen LogP contribution in [0.4, 0.5) is 0 Å². The number of aliphatic hydroxyl groups is 1. The van der Waals surface area contributed by atoms with E-state index in [2.05, 4.69) is 25.9 Å². The summed E-state index contributed by atoms with van der Waals surface area (Å²) in [5.41, 5.74) is 0.904. The molecule has 0 atom stereocenters. The second-order valence-corrected chi connectivity index (χ2v) is 5.04. The Labute approximate surface area is 106 Å². The second kappa shape index (κ2) is 5.43. The van der Waals surface area contributed by atoms with Crippen molar-refractivity contribution in [2.45, 2.75) is 16.7 Å². The third-order valence-corrected chi connectivity index (χ3v) is 3.22. The molecule has 82 valence electrons. The summed E-state index contributed by atoms with van der Waals surface area (Å²) in [5.74, 6) is 0. The molecule has 0 radical (unpaired) electrons. The van der Waals surface area contributed by atoms with Crippen molar-refractivity contribution in [3.63, 3.8) is 0 Å². The number of rotatable bonds is 3. The van der Waals surface area contributed by atoms with Crippen molar-refractivity contribution in [3.8, 4) is 0 Å². The van der Waals surface area contributed by atoms with Gasteiger partial charge in [-0.05, 0) is 45.4 Å². The quantitative estimate of drug-likeness (QED) is 0.885. The van der Waals surface area contributed by atoms with Crippen molar-refractivity contribution in [2.24, 2.45) is 0 Å². The number of benzene rings is 1. The minimum atomic E-state index is 0.0692. The van der Waals surface area contributed by atoms with Crippen molar-refractivity contribution in [3.05, 3.63) is 46.7 Å². The van der Waals surface area contributed by atoms with Crippen LogP contribution in [0.5, 0.6) is 0 Å². The monoisotopic (exact) mass is 296 g/mol. The first-order chi connectivity index (χ1) is 7.78. The molecule has 5 heteroatoms. The molecular formula is C11H9BrN2OS. The van der Waals surface area contributed by atoms with Crippen LogP contribution in [0.25, 0.3) is 0 Å². The van der Waals surface area contributed by atoms with Crippen molar-refractivity contribution >= 4 is 27.7 Å². The summed E-state index contributed by atoms with van der Waals surface area (Å²) in [6.45, 7) is 0.0692. The van der Waals surface area contributed by atoms with Crippen molar-refractivity contribution in [2.75, 3.05) is 0 Å². The molecule has 0 saturated heterocycles. The van der Waals surface area contributed by atoms with Crippen LogP contribution in [0.3, 0.4) is 0 Å². The average molecular weight is 297 g/mol. The Morgan fingerprint density at radius 2 is 1.75 bits per heavy atom. The highest BCUT2D eigenvalue weighted by Crippen LogP contribution is 2.24. The first-order valence-electron chi connectivity index (χ1n) is 4.63. The summed E-state index contributed by atoms with van der Waals surface area (Å²) in [4.78, 5) is 9.40. The lowest BCUT2D eigenvalue weighted by Gasteiger charge is -2.01. The maximum absolute atomic E-state index is 8.91. The molecule has 0 aliphatic rings.